The zero-order valence-electron chi connectivity index (χ0n) is 13.5. The Balaban J connectivity index is 2.38. The third kappa shape index (κ3) is 4.59. The lowest BCUT2D eigenvalue weighted by molar-refractivity contribution is 0.0527. The van der Waals surface area contributed by atoms with Gasteiger partial charge in [-0.1, -0.05) is 6.07 Å². The number of ether oxygens (including phenoxy) is 1. The summed E-state index contributed by atoms with van der Waals surface area (Å²) in [5.41, 5.74) is 0.402. The number of halogens is 1. The van der Waals surface area contributed by atoms with Crippen molar-refractivity contribution in [2.75, 3.05) is 11.9 Å². The summed E-state index contributed by atoms with van der Waals surface area (Å²) in [6, 6.07) is 11.2. The number of benzene rings is 2. The zero-order valence-corrected chi connectivity index (χ0v) is 15.1. The predicted octanol–water partition coefficient (Wildman–Crippen LogP) is 2.91. The van der Waals surface area contributed by atoms with Crippen LogP contribution in [0.2, 0.25) is 0 Å². The predicted molar refractivity (Wildman–Crippen MR) is 94.5 cm³/mol. The van der Waals surface area contributed by atoms with Gasteiger partial charge in [-0.05, 0) is 43.3 Å². The first kappa shape index (κ1) is 19.4. The van der Waals surface area contributed by atoms with E-state index >= 15 is 0 Å². The summed E-state index contributed by atoms with van der Waals surface area (Å²) in [7, 11) is 1.29. The average Bonchev–Trinajstić information content (AvgIpc) is 2.61. The summed E-state index contributed by atoms with van der Waals surface area (Å²) >= 11 is 0. The van der Waals surface area contributed by atoms with Crippen LogP contribution in [0.15, 0.2) is 47.4 Å². The van der Waals surface area contributed by atoms with Crippen molar-refractivity contribution in [1.82, 2.24) is 0 Å². The van der Waals surface area contributed by atoms with Crippen molar-refractivity contribution in [2.24, 2.45) is 0 Å². The molecule has 0 aromatic heterocycles. The van der Waals surface area contributed by atoms with E-state index in [0.717, 1.165) is 6.07 Å². The molecule has 0 unspecified atom stereocenters. The fraction of sp³-hybridized carbons (Fsp3) is 0.118. The van der Waals surface area contributed by atoms with Crippen molar-refractivity contribution >= 4 is 37.3 Å². The maximum Gasteiger partial charge on any atom is 0.340 e. The van der Waals surface area contributed by atoms with Gasteiger partial charge in [0, 0.05) is 16.2 Å². The van der Waals surface area contributed by atoms with Crippen molar-refractivity contribution in [3.8, 4) is 6.07 Å². The quantitative estimate of drug-likeness (QED) is 0.618. The molecule has 0 bridgehead atoms. The second-order valence-electron chi connectivity index (χ2n) is 5.01. The van der Waals surface area contributed by atoms with E-state index in [0.29, 0.717) is 0 Å². The molecule has 1 amide bonds. The average molecular weight is 393 g/mol. The van der Waals surface area contributed by atoms with E-state index in [4.69, 9.17) is 20.7 Å². The summed E-state index contributed by atoms with van der Waals surface area (Å²) in [6.07, 6.45) is 0. The number of nitrogens with zero attached hydrogens (tertiary/aromatic N) is 1. The molecule has 2 aromatic rings. The number of rotatable bonds is 5. The number of nitrogens with one attached hydrogen (secondary N) is 1. The third-order valence-electron chi connectivity index (χ3n) is 3.27. The number of carbonyl (C=O) groups excluding carboxylic acids is 2. The van der Waals surface area contributed by atoms with Gasteiger partial charge in [0.25, 0.3) is 15.0 Å². The fourth-order valence-corrected chi connectivity index (χ4v) is 2.88. The van der Waals surface area contributed by atoms with Crippen molar-refractivity contribution < 1.29 is 22.7 Å². The molecule has 0 saturated heterocycles. The van der Waals surface area contributed by atoms with Gasteiger partial charge in [0.2, 0.25) is 0 Å². The van der Waals surface area contributed by atoms with Crippen LogP contribution in [-0.2, 0) is 13.8 Å². The lowest BCUT2D eigenvalue weighted by Crippen LogP contribution is -2.16. The molecule has 1 N–H and O–H groups in total. The van der Waals surface area contributed by atoms with Gasteiger partial charge < -0.3 is 10.1 Å². The normalized spacial score (nSPS) is 10.7. The Morgan fingerprint density at radius 2 is 1.96 bits per heavy atom. The van der Waals surface area contributed by atoms with Gasteiger partial charge in [-0.15, -0.1) is 0 Å². The van der Waals surface area contributed by atoms with Crippen LogP contribution >= 0.6 is 10.7 Å². The molecule has 0 aliphatic carbocycles. The summed E-state index contributed by atoms with van der Waals surface area (Å²) in [6.45, 7) is 1.75. The first-order chi connectivity index (χ1) is 12.3. The summed E-state index contributed by atoms with van der Waals surface area (Å²) in [5, 5.41) is 11.5. The molecular formula is C17H13ClN2O5S. The highest BCUT2D eigenvalue weighted by atomic mass is 35.7. The van der Waals surface area contributed by atoms with Crippen LogP contribution in [0.1, 0.15) is 33.2 Å². The second-order valence-corrected chi connectivity index (χ2v) is 7.58. The smallest absolute Gasteiger partial charge is 0.340 e. The lowest BCUT2D eigenvalue weighted by Gasteiger charge is -2.11. The summed E-state index contributed by atoms with van der Waals surface area (Å²) < 4.78 is 27.7. The van der Waals surface area contributed by atoms with E-state index in [9.17, 15) is 18.0 Å². The minimum Gasteiger partial charge on any atom is -0.462 e. The summed E-state index contributed by atoms with van der Waals surface area (Å²) in [5.74, 6) is -1.35. The molecule has 9 heteroatoms. The highest BCUT2D eigenvalue weighted by molar-refractivity contribution is 8.13. The highest BCUT2D eigenvalue weighted by Gasteiger charge is 2.18. The Kier molecular flexibility index (Phi) is 5.97. The van der Waals surface area contributed by atoms with E-state index in [1.54, 1.807) is 6.92 Å². The Morgan fingerprint density at radius 3 is 2.58 bits per heavy atom. The molecule has 0 fully saturated rings. The molecule has 0 aliphatic heterocycles. The van der Waals surface area contributed by atoms with Crippen LogP contribution in [-0.4, -0.2) is 26.9 Å². The molecule has 134 valence electrons. The van der Waals surface area contributed by atoms with Crippen molar-refractivity contribution in [1.29, 1.82) is 5.26 Å². The lowest BCUT2D eigenvalue weighted by atomic mass is 10.1. The monoisotopic (exact) mass is 392 g/mol. The largest absolute Gasteiger partial charge is 0.462 e. The van der Waals surface area contributed by atoms with Crippen LogP contribution in [0.4, 0.5) is 5.69 Å². The summed E-state index contributed by atoms with van der Waals surface area (Å²) in [4.78, 5) is 24.2. The minimum atomic E-state index is -3.99. The number of amides is 1. The number of anilines is 1. The molecule has 0 saturated carbocycles. The molecule has 2 rings (SSSR count). The van der Waals surface area contributed by atoms with Gasteiger partial charge >= 0.3 is 5.97 Å². The van der Waals surface area contributed by atoms with Crippen LogP contribution in [0.5, 0.6) is 0 Å². The van der Waals surface area contributed by atoms with Gasteiger partial charge in [-0.3, -0.25) is 4.79 Å². The Labute approximate surface area is 154 Å². The second kappa shape index (κ2) is 7.99. The number of esters is 1. The SMILES string of the molecule is CCOC(=O)c1cc(C#N)ccc1NC(=O)c1cccc(S(=O)(=O)Cl)c1. The molecule has 7 nitrogen and oxygen atoms in total. The van der Waals surface area contributed by atoms with Crippen LogP contribution < -0.4 is 5.32 Å². The van der Waals surface area contributed by atoms with Gasteiger partial charge in [-0.2, -0.15) is 5.26 Å². The van der Waals surface area contributed by atoms with Crippen molar-refractivity contribution in [2.45, 2.75) is 11.8 Å². The van der Waals surface area contributed by atoms with Crippen molar-refractivity contribution in [3.63, 3.8) is 0 Å². The van der Waals surface area contributed by atoms with Crippen LogP contribution in [0.25, 0.3) is 0 Å². The molecule has 0 spiro atoms. The van der Waals surface area contributed by atoms with Crippen molar-refractivity contribution in [3.05, 3.63) is 59.2 Å². The third-order valence-corrected chi connectivity index (χ3v) is 4.62. The fourth-order valence-electron chi connectivity index (χ4n) is 2.08. The first-order valence-electron chi connectivity index (χ1n) is 7.33. The zero-order chi connectivity index (χ0) is 19.3. The first-order valence-corrected chi connectivity index (χ1v) is 9.64. The topological polar surface area (TPSA) is 113 Å². The molecule has 0 aliphatic rings. The maximum absolute atomic E-state index is 12.4. The standard InChI is InChI=1S/C17H13ClN2O5S/c1-2-25-17(22)14-8-11(10-19)6-7-15(14)20-16(21)12-4-3-5-13(9-12)26(18,23)24/h3-9H,2H2,1H3,(H,20,21). The molecule has 0 atom stereocenters. The van der Waals surface area contributed by atoms with E-state index in [1.807, 2.05) is 6.07 Å². The minimum absolute atomic E-state index is 0.0142. The molecule has 0 radical (unpaired) electrons. The highest BCUT2D eigenvalue weighted by Crippen LogP contribution is 2.21. The van der Waals surface area contributed by atoms with Gasteiger partial charge in [0.1, 0.15) is 0 Å². The number of hydrogen-bond acceptors (Lipinski definition) is 6. The van der Waals surface area contributed by atoms with E-state index in [2.05, 4.69) is 5.32 Å². The molecule has 2 aromatic carbocycles. The van der Waals surface area contributed by atoms with Gasteiger partial charge in [0.15, 0.2) is 0 Å². The number of carbonyl (C=O) groups is 2. The number of nitriles is 1. The van der Waals surface area contributed by atoms with E-state index < -0.39 is 20.9 Å². The Morgan fingerprint density at radius 1 is 1.23 bits per heavy atom. The molecule has 0 heterocycles. The van der Waals surface area contributed by atoms with Gasteiger partial charge in [0.05, 0.1) is 34.4 Å². The van der Waals surface area contributed by atoms with E-state index in [1.165, 1.54) is 36.4 Å². The Hall–Kier alpha value is -2.89. The van der Waals surface area contributed by atoms with Crippen LogP contribution in [0.3, 0.4) is 0 Å². The van der Waals surface area contributed by atoms with Crippen LogP contribution in [0, 0.1) is 11.3 Å². The Bertz CT molecular complexity index is 1010. The number of hydrogen-bond donors (Lipinski definition) is 1. The van der Waals surface area contributed by atoms with Gasteiger partial charge in [-0.25, -0.2) is 13.2 Å². The molecule has 26 heavy (non-hydrogen) atoms. The van der Waals surface area contributed by atoms with E-state index in [-0.39, 0.29) is 33.9 Å². The molecular weight excluding hydrogens is 380 g/mol. The maximum atomic E-state index is 12.4.